The van der Waals surface area contributed by atoms with Crippen molar-refractivity contribution in [3.05, 3.63) is 35.1 Å². The standard InChI is InChI=1S/C14H21FO2/c1-3-4-13(16)14(17)8-7-11-6-5-10(2)9-12(11)15/h5-6,9,13-14,16-17H,3-4,7-8H2,1-2H3. The summed E-state index contributed by atoms with van der Waals surface area (Å²) in [5.41, 5.74) is 1.48. The maximum absolute atomic E-state index is 13.5. The van der Waals surface area contributed by atoms with E-state index in [4.69, 9.17) is 0 Å². The number of aliphatic hydroxyl groups is 2. The van der Waals surface area contributed by atoms with E-state index in [0.29, 0.717) is 24.8 Å². The van der Waals surface area contributed by atoms with Gasteiger partial charge in [-0.25, -0.2) is 4.39 Å². The fourth-order valence-electron chi connectivity index (χ4n) is 1.84. The summed E-state index contributed by atoms with van der Waals surface area (Å²) < 4.78 is 13.5. The van der Waals surface area contributed by atoms with Crippen molar-refractivity contribution in [3.8, 4) is 0 Å². The monoisotopic (exact) mass is 240 g/mol. The number of aryl methyl sites for hydroxylation is 2. The van der Waals surface area contributed by atoms with Crippen molar-refractivity contribution in [2.24, 2.45) is 0 Å². The van der Waals surface area contributed by atoms with E-state index in [2.05, 4.69) is 0 Å². The molecule has 0 saturated heterocycles. The van der Waals surface area contributed by atoms with E-state index in [-0.39, 0.29) is 5.82 Å². The summed E-state index contributed by atoms with van der Waals surface area (Å²) in [6, 6.07) is 5.08. The molecule has 0 bridgehead atoms. The van der Waals surface area contributed by atoms with Crippen LogP contribution in [0.2, 0.25) is 0 Å². The number of benzene rings is 1. The van der Waals surface area contributed by atoms with Gasteiger partial charge < -0.3 is 10.2 Å². The molecule has 0 spiro atoms. The minimum absolute atomic E-state index is 0.234. The zero-order chi connectivity index (χ0) is 12.8. The van der Waals surface area contributed by atoms with Crippen LogP contribution in [0.4, 0.5) is 4.39 Å². The molecule has 0 aromatic heterocycles. The van der Waals surface area contributed by atoms with Crippen LogP contribution < -0.4 is 0 Å². The van der Waals surface area contributed by atoms with Crippen molar-refractivity contribution in [2.75, 3.05) is 0 Å². The molecule has 0 heterocycles. The fourth-order valence-corrected chi connectivity index (χ4v) is 1.84. The van der Waals surface area contributed by atoms with E-state index in [0.717, 1.165) is 12.0 Å². The number of aliphatic hydroxyl groups excluding tert-OH is 2. The topological polar surface area (TPSA) is 40.5 Å². The second kappa shape index (κ2) is 6.72. The SMILES string of the molecule is CCCC(O)C(O)CCc1ccc(C)cc1F. The highest BCUT2D eigenvalue weighted by atomic mass is 19.1. The van der Waals surface area contributed by atoms with Crippen LogP contribution in [0.3, 0.4) is 0 Å². The van der Waals surface area contributed by atoms with E-state index in [1.54, 1.807) is 6.07 Å². The van der Waals surface area contributed by atoms with Crippen molar-refractivity contribution in [1.29, 1.82) is 0 Å². The van der Waals surface area contributed by atoms with Gasteiger partial charge in [0.1, 0.15) is 5.82 Å². The molecule has 2 unspecified atom stereocenters. The highest BCUT2D eigenvalue weighted by Crippen LogP contribution is 2.15. The van der Waals surface area contributed by atoms with Gasteiger partial charge in [-0.15, -0.1) is 0 Å². The van der Waals surface area contributed by atoms with E-state index in [1.807, 2.05) is 19.9 Å². The van der Waals surface area contributed by atoms with Gasteiger partial charge in [0, 0.05) is 0 Å². The lowest BCUT2D eigenvalue weighted by Crippen LogP contribution is -2.26. The smallest absolute Gasteiger partial charge is 0.126 e. The molecule has 1 rings (SSSR count). The van der Waals surface area contributed by atoms with Crippen molar-refractivity contribution in [1.82, 2.24) is 0 Å². The van der Waals surface area contributed by atoms with Crippen LogP contribution in [-0.2, 0) is 6.42 Å². The van der Waals surface area contributed by atoms with Crippen molar-refractivity contribution in [3.63, 3.8) is 0 Å². The molecule has 3 heteroatoms. The molecule has 96 valence electrons. The zero-order valence-electron chi connectivity index (χ0n) is 10.5. The first-order chi connectivity index (χ1) is 8.04. The Bertz CT molecular complexity index is 352. The number of hydrogen-bond donors (Lipinski definition) is 2. The average Bonchev–Trinajstić information content (AvgIpc) is 2.27. The van der Waals surface area contributed by atoms with E-state index >= 15 is 0 Å². The lowest BCUT2D eigenvalue weighted by Gasteiger charge is -2.17. The summed E-state index contributed by atoms with van der Waals surface area (Å²) >= 11 is 0. The Morgan fingerprint density at radius 2 is 1.82 bits per heavy atom. The van der Waals surface area contributed by atoms with Gasteiger partial charge in [0.05, 0.1) is 12.2 Å². The zero-order valence-corrected chi connectivity index (χ0v) is 10.5. The van der Waals surface area contributed by atoms with Gasteiger partial charge in [0.25, 0.3) is 0 Å². The largest absolute Gasteiger partial charge is 0.390 e. The molecule has 2 nitrogen and oxygen atoms in total. The quantitative estimate of drug-likeness (QED) is 0.802. The van der Waals surface area contributed by atoms with Crippen molar-refractivity contribution in [2.45, 2.75) is 51.7 Å². The van der Waals surface area contributed by atoms with E-state index in [9.17, 15) is 14.6 Å². The van der Waals surface area contributed by atoms with Crippen LogP contribution in [0.1, 0.15) is 37.3 Å². The van der Waals surface area contributed by atoms with E-state index in [1.165, 1.54) is 6.07 Å². The second-order valence-corrected chi connectivity index (χ2v) is 4.56. The second-order valence-electron chi connectivity index (χ2n) is 4.56. The van der Waals surface area contributed by atoms with E-state index < -0.39 is 12.2 Å². The van der Waals surface area contributed by atoms with Crippen LogP contribution in [0.25, 0.3) is 0 Å². The molecule has 2 atom stereocenters. The van der Waals surface area contributed by atoms with Gasteiger partial charge in [-0.2, -0.15) is 0 Å². The lowest BCUT2D eigenvalue weighted by atomic mass is 10.00. The Kier molecular flexibility index (Phi) is 5.59. The van der Waals surface area contributed by atoms with Gasteiger partial charge in [-0.3, -0.25) is 0 Å². The molecule has 1 aromatic rings. The Balaban J connectivity index is 2.49. The minimum atomic E-state index is -0.768. The lowest BCUT2D eigenvalue weighted by molar-refractivity contribution is 0.00970. The summed E-state index contributed by atoms with van der Waals surface area (Å²) in [6.45, 7) is 3.79. The average molecular weight is 240 g/mol. The molecule has 0 aliphatic heterocycles. The number of halogens is 1. The number of rotatable bonds is 6. The summed E-state index contributed by atoms with van der Waals surface area (Å²) in [5, 5.41) is 19.2. The van der Waals surface area contributed by atoms with Gasteiger partial charge >= 0.3 is 0 Å². The van der Waals surface area contributed by atoms with Gasteiger partial charge in [0.2, 0.25) is 0 Å². The predicted molar refractivity (Wildman–Crippen MR) is 66.4 cm³/mol. The molecule has 0 aliphatic rings. The third-order valence-corrected chi connectivity index (χ3v) is 2.95. The molecule has 0 aliphatic carbocycles. The molecule has 1 aromatic carbocycles. The molecule has 0 radical (unpaired) electrons. The highest BCUT2D eigenvalue weighted by molar-refractivity contribution is 5.23. The summed E-state index contributed by atoms with van der Waals surface area (Å²) in [6.07, 6.45) is 0.785. The molecule has 0 saturated carbocycles. The molecular weight excluding hydrogens is 219 g/mol. The van der Waals surface area contributed by atoms with Gasteiger partial charge in [-0.05, 0) is 43.4 Å². The van der Waals surface area contributed by atoms with Crippen LogP contribution >= 0.6 is 0 Å². The third-order valence-electron chi connectivity index (χ3n) is 2.95. The summed E-state index contributed by atoms with van der Waals surface area (Å²) in [5.74, 6) is -0.234. The molecule has 0 fully saturated rings. The predicted octanol–water partition coefficient (Wildman–Crippen LogP) is 2.59. The molecule has 2 N–H and O–H groups in total. The first-order valence-electron chi connectivity index (χ1n) is 6.15. The first-order valence-corrected chi connectivity index (χ1v) is 6.15. The van der Waals surface area contributed by atoms with Crippen molar-refractivity contribution >= 4 is 0 Å². The van der Waals surface area contributed by atoms with Crippen LogP contribution in [0.15, 0.2) is 18.2 Å². The Hall–Kier alpha value is -0.930. The normalized spacial score (nSPS) is 14.6. The maximum atomic E-state index is 13.5. The summed E-state index contributed by atoms with van der Waals surface area (Å²) in [7, 11) is 0. The third kappa shape index (κ3) is 4.44. The summed E-state index contributed by atoms with van der Waals surface area (Å²) in [4.78, 5) is 0. The highest BCUT2D eigenvalue weighted by Gasteiger charge is 2.15. The van der Waals surface area contributed by atoms with Crippen LogP contribution in [0, 0.1) is 12.7 Å². The van der Waals surface area contributed by atoms with Crippen LogP contribution in [0.5, 0.6) is 0 Å². The minimum Gasteiger partial charge on any atom is -0.390 e. The molecule has 17 heavy (non-hydrogen) atoms. The van der Waals surface area contributed by atoms with Crippen molar-refractivity contribution < 1.29 is 14.6 Å². The number of hydrogen-bond acceptors (Lipinski definition) is 2. The Labute approximate surface area is 102 Å². The van der Waals surface area contributed by atoms with Gasteiger partial charge in [0.15, 0.2) is 0 Å². The first kappa shape index (κ1) is 14.1. The molecule has 0 amide bonds. The Morgan fingerprint density at radius 3 is 2.41 bits per heavy atom. The fraction of sp³-hybridized carbons (Fsp3) is 0.571. The van der Waals surface area contributed by atoms with Crippen LogP contribution in [-0.4, -0.2) is 22.4 Å². The molecular formula is C14H21FO2. The maximum Gasteiger partial charge on any atom is 0.126 e. The Morgan fingerprint density at radius 1 is 1.18 bits per heavy atom. The van der Waals surface area contributed by atoms with Gasteiger partial charge in [-0.1, -0.05) is 25.5 Å².